The summed E-state index contributed by atoms with van der Waals surface area (Å²) in [6, 6.07) is 16.8. The van der Waals surface area contributed by atoms with Crippen LogP contribution in [0, 0.1) is 16.4 Å². The molecule has 0 fully saturated rings. The van der Waals surface area contributed by atoms with E-state index in [0.717, 1.165) is 46.9 Å². The second-order valence-electron chi connectivity index (χ2n) is 10.8. The number of aromatic carboxylic acids is 2. The number of benzene rings is 3. The molecule has 7 heteroatoms. The fraction of sp³-hybridized carbons (Fsp3) is 0.206. The molecule has 6 rings (SSSR count). The molecule has 0 spiro atoms. The van der Waals surface area contributed by atoms with Crippen molar-refractivity contribution in [3.8, 4) is 0 Å². The number of rotatable bonds is 7. The van der Waals surface area contributed by atoms with Crippen LogP contribution in [0.4, 0.5) is 0 Å². The average Bonchev–Trinajstić information content (AvgIpc) is 2.95. The van der Waals surface area contributed by atoms with E-state index in [-0.39, 0.29) is 23.0 Å². The van der Waals surface area contributed by atoms with E-state index in [9.17, 15) is 19.8 Å². The van der Waals surface area contributed by atoms with Crippen molar-refractivity contribution in [1.82, 2.24) is 4.98 Å². The van der Waals surface area contributed by atoms with Crippen molar-refractivity contribution in [2.75, 3.05) is 0 Å². The van der Waals surface area contributed by atoms with Gasteiger partial charge in [0.1, 0.15) is 0 Å². The van der Waals surface area contributed by atoms with E-state index in [4.69, 9.17) is 23.2 Å². The summed E-state index contributed by atoms with van der Waals surface area (Å²) in [6.07, 6.45) is 11.7. The Bertz CT molecular complexity index is 1900. The molecule has 2 unspecified atom stereocenters. The summed E-state index contributed by atoms with van der Waals surface area (Å²) in [7, 11) is 0. The van der Waals surface area contributed by atoms with E-state index < -0.39 is 11.9 Å². The standard InChI is InChI=1S/C34H27Cl2NO4/c35-24-8-11-26-23(16-24)15-22(6-4-20-13-25(36)18-37-17-20)32-27-9-5-19(12-21(27)7-10-28(26)32)14-31-29(33(38)39)2-1-3-30(31)34(40)41/h1-3,7-8,10-13,15-19,22H,4-6,9,14H2,(H,38,39)(H,40,41). The van der Waals surface area contributed by atoms with Crippen molar-refractivity contribution < 1.29 is 19.8 Å². The first-order chi connectivity index (χ1) is 19.8. The molecule has 1 aromatic heterocycles. The van der Waals surface area contributed by atoms with Crippen LogP contribution >= 0.6 is 23.2 Å². The Morgan fingerprint density at radius 1 is 0.854 bits per heavy atom. The number of carboxylic acid groups (broad SMARTS) is 2. The highest BCUT2D eigenvalue weighted by Gasteiger charge is 2.25. The topological polar surface area (TPSA) is 87.5 Å². The van der Waals surface area contributed by atoms with E-state index >= 15 is 0 Å². The van der Waals surface area contributed by atoms with Crippen LogP contribution in [0.5, 0.6) is 0 Å². The van der Waals surface area contributed by atoms with Crippen LogP contribution in [0.2, 0.25) is 10.0 Å². The third-order valence-electron chi connectivity index (χ3n) is 8.24. The number of halogens is 2. The van der Waals surface area contributed by atoms with Gasteiger partial charge in [0.15, 0.2) is 0 Å². The molecule has 2 aliphatic rings. The number of fused-ring (bicyclic) bond motifs is 4. The minimum absolute atomic E-state index is 0.0220. The first-order valence-corrected chi connectivity index (χ1v) is 14.4. The normalized spacial score (nSPS) is 16.9. The van der Waals surface area contributed by atoms with Crippen molar-refractivity contribution in [3.63, 3.8) is 0 Å². The molecule has 2 N–H and O–H groups in total. The fourth-order valence-electron chi connectivity index (χ4n) is 6.43. The Hall–Kier alpha value is -3.93. The Morgan fingerprint density at radius 2 is 1.61 bits per heavy atom. The molecule has 4 aromatic rings. The lowest BCUT2D eigenvalue weighted by molar-refractivity contribution is 0.0695. The van der Waals surface area contributed by atoms with Crippen LogP contribution in [-0.4, -0.2) is 27.1 Å². The van der Waals surface area contributed by atoms with Gasteiger partial charge in [-0.3, -0.25) is 4.98 Å². The lowest BCUT2D eigenvalue weighted by Gasteiger charge is -2.26. The van der Waals surface area contributed by atoms with E-state index in [1.807, 2.05) is 24.4 Å². The molecule has 3 aromatic carbocycles. The molecule has 2 aliphatic carbocycles. The molecular formula is C34H27Cl2NO4. The summed E-state index contributed by atoms with van der Waals surface area (Å²) in [5.74, 6) is -2.03. The molecule has 0 radical (unpaired) electrons. The maximum atomic E-state index is 11.9. The van der Waals surface area contributed by atoms with Crippen molar-refractivity contribution in [2.24, 2.45) is 5.92 Å². The van der Waals surface area contributed by atoms with Crippen LogP contribution in [-0.2, 0) is 19.3 Å². The zero-order valence-corrected chi connectivity index (χ0v) is 23.6. The molecule has 0 saturated carbocycles. The van der Waals surface area contributed by atoms with Crippen LogP contribution < -0.4 is 10.4 Å². The molecule has 1 heterocycles. The highest BCUT2D eigenvalue weighted by atomic mass is 35.5. The number of hydrogen-bond acceptors (Lipinski definition) is 3. The highest BCUT2D eigenvalue weighted by molar-refractivity contribution is 6.30. The van der Waals surface area contributed by atoms with Crippen LogP contribution in [0.1, 0.15) is 61.7 Å². The summed E-state index contributed by atoms with van der Waals surface area (Å²) in [6.45, 7) is 0. The first-order valence-electron chi connectivity index (χ1n) is 13.6. The largest absolute Gasteiger partial charge is 0.478 e. The Morgan fingerprint density at radius 3 is 2.34 bits per heavy atom. The van der Waals surface area contributed by atoms with Crippen molar-refractivity contribution in [1.29, 1.82) is 0 Å². The van der Waals surface area contributed by atoms with Gasteiger partial charge in [-0.2, -0.15) is 0 Å². The molecular weight excluding hydrogens is 557 g/mol. The predicted octanol–water partition coefficient (Wildman–Crippen LogP) is 6.17. The summed E-state index contributed by atoms with van der Waals surface area (Å²) < 4.78 is 0. The smallest absolute Gasteiger partial charge is 0.335 e. The maximum Gasteiger partial charge on any atom is 0.335 e. The maximum absolute atomic E-state index is 11.9. The van der Waals surface area contributed by atoms with Gasteiger partial charge in [-0.05, 0) is 111 Å². The van der Waals surface area contributed by atoms with Crippen LogP contribution in [0.3, 0.4) is 0 Å². The Kier molecular flexibility index (Phi) is 7.41. The minimum atomic E-state index is -1.11. The predicted molar refractivity (Wildman–Crippen MR) is 160 cm³/mol. The van der Waals surface area contributed by atoms with Gasteiger partial charge >= 0.3 is 11.9 Å². The minimum Gasteiger partial charge on any atom is -0.478 e. The van der Waals surface area contributed by atoms with E-state index in [2.05, 4.69) is 35.3 Å². The summed E-state index contributed by atoms with van der Waals surface area (Å²) in [4.78, 5) is 28.1. The van der Waals surface area contributed by atoms with Gasteiger partial charge in [0.2, 0.25) is 0 Å². The lowest BCUT2D eigenvalue weighted by atomic mass is 9.78. The third-order valence-corrected chi connectivity index (χ3v) is 8.68. The fourth-order valence-corrected chi connectivity index (χ4v) is 6.81. The Balaban J connectivity index is 1.44. The second kappa shape index (κ2) is 11.2. The second-order valence-corrected chi connectivity index (χ2v) is 11.6. The van der Waals surface area contributed by atoms with Gasteiger partial charge in [-0.25, -0.2) is 9.59 Å². The zero-order valence-electron chi connectivity index (χ0n) is 22.1. The number of aryl methyl sites for hydroxylation is 1. The number of aromatic nitrogens is 1. The molecule has 0 bridgehead atoms. The van der Waals surface area contributed by atoms with Crippen LogP contribution in [0.15, 0.2) is 67.0 Å². The van der Waals surface area contributed by atoms with Crippen molar-refractivity contribution >= 4 is 47.3 Å². The summed E-state index contributed by atoms with van der Waals surface area (Å²) >= 11 is 12.6. The number of pyridine rings is 1. The van der Waals surface area contributed by atoms with Gasteiger partial charge in [0.25, 0.3) is 0 Å². The molecule has 0 saturated heterocycles. The van der Waals surface area contributed by atoms with Gasteiger partial charge in [-0.15, -0.1) is 0 Å². The summed E-state index contributed by atoms with van der Waals surface area (Å²) in [5, 5.41) is 25.4. The van der Waals surface area contributed by atoms with Crippen molar-refractivity contribution in [2.45, 2.75) is 38.0 Å². The Labute approximate surface area is 246 Å². The quantitative estimate of drug-likeness (QED) is 0.272. The lowest BCUT2D eigenvalue weighted by Crippen LogP contribution is -2.26. The first kappa shape index (κ1) is 27.3. The van der Waals surface area contributed by atoms with E-state index in [1.165, 1.54) is 34.5 Å². The number of nitrogens with zero attached hydrogens (tertiary/aromatic N) is 1. The highest BCUT2D eigenvalue weighted by Crippen LogP contribution is 2.33. The van der Waals surface area contributed by atoms with Crippen LogP contribution in [0.25, 0.3) is 12.2 Å². The number of carboxylic acids is 2. The third kappa shape index (κ3) is 5.40. The van der Waals surface area contributed by atoms with Gasteiger partial charge < -0.3 is 10.2 Å². The van der Waals surface area contributed by atoms with E-state index in [0.29, 0.717) is 22.0 Å². The van der Waals surface area contributed by atoms with E-state index in [1.54, 1.807) is 6.20 Å². The molecule has 5 nitrogen and oxygen atoms in total. The molecule has 2 atom stereocenters. The zero-order chi connectivity index (χ0) is 28.7. The average molecular weight is 584 g/mol. The van der Waals surface area contributed by atoms with Gasteiger partial charge in [-0.1, -0.05) is 59.6 Å². The molecule has 206 valence electrons. The molecule has 0 aliphatic heterocycles. The van der Waals surface area contributed by atoms with Gasteiger partial charge in [0.05, 0.1) is 16.1 Å². The number of carbonyl (C=O) groups is 2. The SMILES string of the molecule is O=C(O)c1cccc(C(=O)O)c1CC1C=c2ccc3c(c2CC1)C(CCc1cncc(Cl)c1)C=c1cc(Cl)ccc1=3. The molecule has 41 heavy (non-hydrogen) atoms. The number of hydrogen-bond donors (Lipinski definition) is 2. The van der Waals surface area contributed by atoms with Gasteiger partial charge in [0, 0.05) is 23.3 Å². The summed E-state index contributed by atoms with van der Waals surface area (Å²) in [5.41, 5.74) is 4.19. The molecule has 0 amide bonds. The van der Waals surface area contributed by atoms with Crippen molar-refractivity contribution in [3.05, 3.63) is 131 Å². The monoisotopic (exact) mass is 583 g/mol.